The molecule has 0 aliphatic carbocycles. The average Bonchev–Trinajstić information content (AvgIpc) is 2.82. The number of hydrogen-bond donors (Lipinski definition) is 2. The minimum atomic E-state index is 0. The molecule has 0 aliphatic heterocycles. The number of nitrogens with zero attached hydrogens (tertiary/aromatic N) is 2. The Bertz CT molecular complexity index is 640. The molecule has 10 heteroatoms. The first-order valence-electron chi connectivity index (χ1n) is 10.6. The number of hydrogen-bond acceptors (Lipinski definition) is 2. The molecule has 200 valence electrons. The Hall–Kier alpha value is 0.607. The monoisotopic (exact) mass is 664 g/mol. The maximum absolute atomic E-state index is 4.81. The molecule has 2 aromatic rings. The van der Waals surface area contributed by atoms with Gasteiger partial charge in [-0.2, -0.15) is 0 Å². The van der Waals surface area contributed by atoms with Crippen LogP contribution < -0.4 is 0 Å². The third kappa shape index (κ3) is 24.3. The summed E-state index contributed by atoms with van der Waals surface area (Å²) in [6.07, 6.45) is 0. The van der Waals surface area contributed by atoms with Crippen molar-refractivity contribution in [3.63, 3.8) is 0 Å². The van der Waals surface area contributed by atoms with Crippen molar-refractivity contribution in [1.29, 1.82) is 0 Å². The van der Waals surface area contributed by atoms with E-state index in [4.69, 9.17) is 24.4 Å². The molecule has 0 bridgehead atoms. The smallest absolute Gasteiger partial charge is 0.133 e. The van der Waals surface area contributed by atoms with Crippen molar-refractivity contribution < 1.29 is 33.0 Å². The van der Waals surface area contributed by atoms with Gasteiger partial charge in [-0.1, -0.05) is 85.1 Å². The van der Waals surface area contributed by atoms with E-state index < -0.39 is 0 Å². The molecule has 0 spiro atoms. The van der Waals surface area contributed by atoms with Crippen molar-refractivity contribution in [2.24, 2.45) is 0 Å². The summed E-state index contributed by atoms with van der Waals surface area (Å²) in [5.74, 6) is 1.89. The van der Waals surface area contributed by atoms with Gasteiger partial charge in [0.1, 0.15) is 20.1 Å². The van der Waals surface area contributed by atoms with E-state index >= 15 is 0 Å². The molecule has 2 rings (SSSR count). The van der Waals surface area contributed by atoms with Crippen LogP contribution in [0.3, 0.4) is 0 Å². The van der Waals surface area contributed by atoms with Crippen LogP contribution in [0.25, 0.3) is 0 Å². The van der Waals surface area contributed by atoms with Gasteiger partial charge in [0.15, 0.2) is 0 Å². The standard InChI is InChI=1S/2C7H8S.2C5H11NS2.2Ni/c2*8-6-7-4-2-1-3-5-7;2*1-3-6(4-2)5(7)8;;/h2*1-5,8H,6H2;2*3-4H2,1-2H3,(H,7,8);;/p+2. The molecule has 0 aromatic heterocycles. The molecule has 0 aliphatic rings. The van der Waals surface area contributed by atoms with Crippen LogP contribution in [0.2, 0.25) is 0 Å². The SMILES string of the molecule is CCN(CC)C(=S)S.CCN(CC)C(=S)S.[Ni].[Ni].[SH2+]Cc1ccccc1.[SH2+]Cc1ccccc1. The van der Waals surface area contributed by atoms with Crippen LogP contribution in [0.1, 0.15) is 38.8 Å². The molecule has 0 N–H and O–H groups in total. The van der Waals surface area contributed by atoms with Crippen molar-refractivity contribution in [3.05, 3.63) is 71.8 Å². The second kappa shape index (κ2) is 29.8. The molecule has 2 aromatic carbocycles. The first-order chi connectivity index (χ1) is 15.3. The van der Waals surface area contributed by atoms with E-state index in [9.17, 15) is 0 Å². The van der Waals surface area contributed by atoms with Crippen LogP contribution in [0, 0.1) is 0 Å². The summed E-state index contributed by atoms with van der Waals surface area (Å²) < 4.78 is 1.38. The van der Waals surface area contributed by atoms with Crippen LogP contribution in [-0.4, -0.2) is 44.6 Å². The molecule has 0 radical (unpaired) electrons. The molecular formula is C24H40N2Ni2S6+2. The van der Waals surface area contributed by atoms with E-state index in [0.29, 0.717) is 8.64 Å². The third-order valence-electron chi connectivity index (χ3n) is 4.16. The number of thiocarbonyl (C=S) groups is 2. The molecule has 0 heterocycles. The largest absolute Gasteiger partial charge is 0.358 e. The summed E-state index contributed by atoms with van der Waals surface area (Å²) in [5.41, 5.74) is 2.65. The summed E-state index contributed by atoms with van der Waals surface area (Å²) >= 11 is 24.4. The predicted molar refractivity (Wildman–Crippen MR) is 170 cm³/mol. The first-order valence-corrected chi connectivity index (χ1v) is 13.8. The van der Waals surface area contributed by atoms with Crippen molar-refractivity contribution in [2.45, 2.75) is 39.2 Å². The molecule has 34 heavy (non-hydrogen) atoms. The second-order valence-electron chi connectivity index (χ2n) is 6.23. The molecule has 0 saturated carbocycles. The Kier molecular flexibility index (Phi) is 36.6. The summed E-state index contributed by atoms with van der Waals surface area (Å²) in [6.45, 7) is 12.1. The van der Waals surface area contributed by atoms with Crippen molar-refractivity contribution in [3.8, 4) is 0 Å². The van der Waals surface area contributed by atoms with Crippen LogP contribution in [0.5, 0.6) is 0 Å². The molecular weight excluding hydrogens is 626 g/mol. The zero-order valence-electron chi connectivity index (χ0n) is 20.3. The maximum atomic E-state index is 4.81. The van der Waals surface area contributed by atoms with Gasteiger partial charge in [-0.05, 0) is 53.0 Å². The summed E-state index contributed by atoms with van der Waals surface area (Å²) in [7, 11) is 0. The first kappa shape index (κ1) is 41.7. The van der Waals surface area contributed by atoms with Crippen LogP contribution in [0.15, 0.2) is 60.7 Å². The quantitative estimate of drug-likeness (QED) is 0.183. The van der Waals surface area contributed by atoms with Gasteiger partial charge >= 0.3 is 0 Å². The van der Waals surface area contributed by atoms with Crippen molar-refractivity contribution in [1.82, 2.24) is 9.80 Å². The minimum Gasteiger partial charge on any atom is -0.358 e. The fraction of sp³-hybridized carbons (Fsp3) is 0.417. The number of benzene rings is 2. The van der Waals surface area contributed by atoms with E-state index in [1.54, 1.807) is 0 Å². The van der Waals surface area contributed by atoms with Gasteiger partial charge in [-0.25, -0.2) is 0 Å². The topological polar surface area (TPSA) is 6.48 Å². The van der Waals surface area contributed by atoms with Gasteiger partial charge in [0.05, 0.1) is 0 Å². The molecule has 0 amide bonds. The van der Waals surface area contributed by atoms with Crippen LogP contribution >= 0.6 is 49.7 Å². The Morgan fingerprint density at radius 3 is 0.941 bits per heavy atom. The Balaban J connectivity index is -0.000000173. The van der Waals surface area contributed by atoms with Gasteiger partial charge < -0.3 is 9.80 Å². The zero-order chi connectivity index (χ0) is 24.8. The zero-order valence-corrected chi connectivity index (χ0v) is 27.7. The van der Waals surface area contributed by atoms with Crippen LogP contribution in [0.4, 0.5) is 0 Å². The maximum Gasteiger partial charge on any atom is 0.133 e. The number of rotatable bonds is 6. The molecule has 2 nitrogen and oxygen atoms in total. The van der Waals surface area contributed by atoms with Gasteiger partial charge in [0, 0.05) is 70.3 Å². The summed E-state index contributed by atoms with van der Waals surface area (Å²) in [6, 6.07) is 20.5. The number of thiol groups is 2. The van der Waals surface area contributed by atoms with Gasteiger partial charge in [-0.3, -0.25) is 0 Å². The van der Waals surface area contributed by atoms with E-state index in [-0.39, 0.29) is 33.0 Å². The molecule has 0 atom stereocenters. The molecule has 0 saturated heterocycles. The fourth-order valence-electron chi connectivity index (χ4n) is 2.18. The van der Waals surface area contributed by atoms with E-state index in [0.717, 1.165) is 37.7 Å². The molecule has 0 unspecified atom stereocenters. The van der Waals surface area contributed by atoms with Gasteiger partial charge in [0.2, 0.25) is 0 Å². The summed E-state index contributed by atoms with van der Waals surface area (Å²) in [5, 5.41) is 0. The summed E-state index contributed by atoms with van der Waals surface area (Å²) in [4.78, 5) is 4.02. The van der Waals surface area contributed by atoms with E-state index in [1.165, 1.54) is 11.1 Å². The Morgan fingerprint density at radius 2 is 0.853 bits per heavy atom. The second-order valence-corrected chi connectivity index (χ2v) is 9.17. The third-order valence-corrected chi connectivity index (χ3v) is 6.06. The van der Waals surface area contributed by atoms with Gasteiger partial charge in [-0.15, -0.1) is 25.3 Å². The Morgan fingerprint density at radius 1 is 0.618 bits per heavy atom. The Labute approximate surface area is 261 Å². The molecule has 0 fully saturated rings. The predicted octanol–water partition coefficient (Wildman–Crippen LogP) is 5.48. The van der Waals surface area contributed by atoms with E-state index in [2.05, 4.69) is 102 Å². The fourth-order valence-corrected chi connectivity index (χ4v) is 3.73. The average molecular weight is 666 g/mol. The minimum absolute atomic E-state index is 0. The normalized spacial score (nSPS) is 8.47. The van der Waals surface area contributed by atoms with Crippen LogP contribution in [-0.2, 0) is 69.7 Å². The van der Waals surface area contributed by atoms with Gasteiger partial charge in [0.25, 0.3) is 0 Å². The van der Waals surface area contributed by atoms with Crippen molar-refractivity contribution >= 4 is 83.6 Å². The van der Waals surface area contributed by atoms with E-state index in [1.807, 2.05) is 46.2 Å². The van der Waals surface area contributed by atoms with Crippen molar-refractivity contribution in [2.75, 3.05) is 26.2 Å².